The van der Waals surface area contributed by atoms with Gasteiger partial charge in [-0.25, -0.2) is 4.79 Å². The molecule has 0 saturated carbocycles. The van der Waals surface area contributed by atoms with Gasteiger partial charge in [-0.2, -0.15) is 0 Å². The molecule has 1 aliphatic heterocycles. The number of carbonyl (C=O) groups is 1. The van der Waals surface area contributed by atoms with Gasteiger partial charge >= 0.3 is 6.09 Å². The second-order valence-corrected chi connectivity index (χ2v) is 6.54. The standard InChI is InChI=1S/C15H20N2O4/c1-15(2,3)13-9-16(14(18)19)7-6-10-8-11(17(20)21)4-5-12(10)13/h4-5,8,13H,6-7,9H2,1-3H3,(H,18,19). The van der Waals surface area contributed by atoms with Crippen LogP contribution in [0.25, 0.3) is 0 Å². The number of hydrogen-bond donors (Lipinski definition) is 1. The molecular formula is C15H20N2O4. The minimum absolute atomic E-state index is 0.0203. The van der Waals surface area contributed by atoms with E-state index in [1.165, 1.54) is 11.0 Å². The van der Waals surface area contributed by atoms with Crippen LogP contribution in [0.1, 0.15) is 37.8 Å². The molecule has 21 heavy (non-hydrogen) atoms. The molecule has 1 N–H and O–H groups in total. The Hall–Kier alpha value is -2.11. The molecule has 0 aromatic heterocycles. The van der Waals surface area contributed by atoms with E-state index in [9.17, 15) is 20.0 Å². The maximum Gasteiger partial charge on any atom is 0.407 e. The van der Waals surface area contributed by atoms with Gasteiger partial charge in [-0.1, -0.05) is 26.8 Å². The number of hydrogen-bond acceptors (Lipinski definition) is 3. The number of amides is 1. The summed E-state index contributed by atoms with van der Waals surface area (Å²) in [6.45, 7) is 6.98. The maximum atomic E-state index is 11.3. The average Bonchev–Trinajstić information content (AvgIpc) is 2.56. The molecule has 1 aliphatic rings. The van der Waals surface area contributed by atoms with E-state index in [-0.39, 0.29) is 17.0 Å². The Bertz CT molecular complexity index is 578. The van der Waals surface area contributed by atoms with Gasteiger partial charge in [0, 0.05) is 31.1 Å². The van der Waals surface area contributed by atoms with Crippen LogP contribution >= 0.6 is 0 Å². The van der Waals surface area contributed by atoms with Crippen LogP contribution in [0.3, 0.4) is 0 Å². The molecule has 0 fully saturated rings. The normalized spacial score (nSPS) is 18.8. The second-order valence-electron chi connectivity index (χ2n) is 6.54. The first-order valence-electron chi connectivity index (χ1n) is 6.95. The Kier molecular flexibility index (Phi) is 3.89. The molecule has 1 amide bonds. The molecule has 0 spiro atoms. The van der Waals surface area contributed by atoms with Crippen molar-refractivity contribution in [3.63, 3.8) is 0 Å². The highest BCUT2D eigenvalue weighted by atomic mass is 16.6. The van der Waals surface area contributed by atoms with Crippen molar-refractivity contribution in [2.75, 3.05) is 13.1 Å². The van der Waals surface area contributed by atoms with Crippen LogP contribution in [-0.2, 0) is 6.42 Å². The number of rotatable bonds is 1. The van der Waals surface area contributed by atoms with E-state index in [1.54, 1.807) is 12.1 Å². The lowest BCUT2D eigenvalue weighted by Gasteiger charge is -2.33. The number of nitro benzene ring substituents is 1. The molecule has 6 heteroatoms. The Balaban J connectivity index is 2.49. The number of nitrogens with zero attached hydrogens (tertiary/aromatic N) is 2. The predicted octanol–water partition coefficient (Wildman–Crippen LogP) is 3.26. The average molecular weight is 292 g/mol. The maximum absolute atomic E-state index is 11.3. The van der Waals surface area contributed by atoms with Crippen molar-refractivity contribution in [2.45, 2.75) is 33.1 Å². The van der Waals surface area contributed by atoms with Crippen LogP contribution in [-0.4, -0.2) is 34.1 Å². The molecule has 1 aromatic rings. The summed E-state index contributed by atoms with van der Waals surface area (Å²) in [5, 5.41) is 20.2. The van der Waals surface area contributed by atoms with Gasteiger partial charge in [0.25, 0.3) is 5.69 Å². The SMILES string of the molecule is CC(C)(C)C1CN(C(=O)O)CCc2cc([N+](=O)[O-])ccc21. The number of fused-ring (bicyclic) bond motifs is 1. The van der Waals surface area contributed by atoms with Crippen molar-refractivity contribution < 1.29 is 14.8 Å². The van der Waals surface area contributed by atoms with Crippen molar-refractivity contribution >= 4 is 11.8 Å². The van der Waals surface area contributed by atoms with Crippen molar-refractivity contribution in [3.8, 4) is 0 Å². The van der Waals surface area contributed by atoms with E-state index < -0.39 is 11.0 Å². The number of nitro groups is 1. The Morgan fingerprint density at radius 1 is 1.43 bits per heavy atom. The summed E-state index contributed by atoms with van der Waals surface area (Å²) in [6, 6.07) is 4.88. The number of carboxylic acid groups (broad SMARTS) is 1. The summed E-state index contributed by atoms with van der Waals surface area (Å²) in [7, 11) is 0. The van der Waals surface area contributed by atoms with E-state index in [1.807, 2.05) is 0 Å². The molecule has 0 radical (unpaired) electrons. The fraction of sp³-hybridized carbons (Fsp3) is 0.533. The van der Waals surface area contributed by atoms with Crippen molar-refractivity contribution in [1.82, 2.24) is 4.90 Å². The Morgan fingerprint density at radius 3 is 2.62 bits per heavy atom. The monoisotopic (exact) mass is 292 g/mol. The highest BCUT2D eigenvalue weighted by Gasteiger charge is 2.34. The molecular weight excluding hydrogens is 272 g/mol. The van der Waals surface area contributed by atoms with Gasteiger partial charge < -0.3 is 10.0 Å². The van der Waals surface area contributed by atoms with Gasteiger partial charge in [-0.3, -0.25) is 10.1 Å². The predicted molar refractivity (Wildman–Crippen MR) is 78.6 cm³/mol. The van der Waals surface area contributed by atoms with E-state index in [0.29, 0.717) is 19.5 Å². The summed E-state index contributed by atoms with van der Waals surface area (Å²) < 4.78 is 0. The van der Waals surface area contributed by atoms with Crippen LogP contribution < -0.4 is 0 Å². The molecule has 1 atom stereocenters. The zero-order chi connectivity index (χ0) is 15.8. The lowest BCUT2D eigenvalue weighted by atomic mass is 9.75. The van der Waals surface area contributed by atoms with Crippen molar-refractivity contribution in [2.24, 2.45) is 5.41 Å². The molecule has 0 aliphatic carbocycles. The molecule has 1 unspecified atom stereocenters. The number of benzene rings is 1. The van der Waals surface area contributed by atoms with Crippen LogP contribution in [0.5, 0.6) is 0 Å². The first kappa shape index (κ1) is 15.3. The largest absolute Gasteiger partial charge is 0.465 e. The van der Waals surface area contributed by atoms with Crippen LogP contribution in [0.4, 0.5) is 10.5 Å². The van der Waals surface area contributed by atoms with Gasteiger partial charge in [-0.15, -0.1) is 0 Å². The Labute approximate surface area is 123 Å². The minimum Gasteiger partial charge on any atom is -0.465 e. The summed E-state index contributed by atoms with van der Waals surface area (Å²) >= 11 is 0. The van der Waals surface area contributed by atoms with Crippen LogP contribution in [0, 0.1) is 15.5 Å². The zero-order valence-corrected chi connectivity index (χ0v) is 12.5. The Morgan fingerprint density at radius 2 is 2.10 bits per heavy atom. The fourth-order valence-corrected chi connectivity index (χ4v) is 2.84. The quantitative estimate of drug-likeness (QED) is 0.636. The van der Waals surface area contributed by atoms with Gasteiger partial charge in [0.2, 0.25) is 0 Å². The lowest BCUT2D eigenvalue weighted by molar-refractivity contribution is -0.384. The molecule has 114 valence electrons. The highest BCUT2D eigenvalue weighted by Crippen LogP contribution is 2.40. The summed E-state index contributed by atoms with van der Waals surface area (Å²) in [5.74, 6) is 0.0203. The van der Waals surface area contributed by atoms with Crippen molar-refractivity contribution in [1.29, 1.82) is 0 Å². The van der Waals surface area contributed by atoms with Crippen LogP contribution in [0.15, 0.2) is 18.2 Å². The molecule has 6 nitrogen and oxygen atoms in total. The molecule has 1 aromatic carbocycles. The fourth-order valence-electron chi connectivity index (χ4n) is 2.84. The summed E-state index contributed by atoms with van der Waals surface area (Å²) in [5.41, 5.74) is 1.85. The topological polar surface area (TPSA) is 83.7 Å². The molecule has 2 rings (SSSR count). The van der Waals surface area contributed by atoms with Gasteiger partial charge in [0.15, 0.2) is 0 Å². The second kappa shape index (κ2) is 5.35. The molecule has 0 bridgehead atoms. The summed E-state index contributed by atoms with van der Waals surface area (Å²) in [6.07, 6.45) is -0.429. The first-order chi connectivity index (χ1) is 9.70. The lowest BCUT2D eigenvalue weighted by Crippen LogP contribution is -2.36. The minimum atomic E-state index is -0.938. The van der Waals surface area contributed by atoms with Gasteiger partial charge in [-0.05, 0) is 23.0 Å². The third-order valence-corrected chi connectivity index (χ3v) is 4.08. The van der Waals surface area contributed by atoms with E-state index >= 15 is 0 Å². The first-order valence-corrected chi connectivity index (χ1v) is 6.95. The van der Waals surface area contributed by atoms with E-state index in [2.05, 4.69) is 20.8 Å². The van der Waals surface area contributed by atoms with Gasteiger partial charge in [0.05, 0.1) is 4.92 Å². The zero-order valence-electron chi connectivity index (χ0n) is 12.5. The molecule has 0 saturated heterocycles. The third kappa shape index (κ3) is 3.15. The smallest absolute Gasteiger partial charge is 0.407 e. The number of non-ortho nitro benzene ring substituents is 1. The molecule has 1 heterocycles. The third-order valence-electron chi connectivity index (χ3n) is 4.08. The van der Waals surface area contributed by atoms with Gasteiger partial charge in [0.1, 0.15) is 0 Å². The van der Waals surface area contributed by atoms with Crippen molar-refractivity contribution in [3.05, 3.63) is 39.4 Å². The van der Waals surface area contributed by atoms with Crippen LogP contribution in [0.2, 0.25) is 0 Å². The van der Waals surface area contributed by atoms with E-state index in [0.717, 1.165) is 11.1 Å². The van der Waals surface area contributed by atoms with E-state index in [4.69, 9.17) is 0 Å². The summed E-state index contributed by atoms with van der Waals surface area (Å²) in [4.78, 5) is 23.2. The highest BCUT2D eigenvalue weighted by molar-refractivity contribution is 5.65.